The highest BCUT2D eigenvalue weighted by Crippen LogP contribution is 2.02. The zero-order valence-corrected chi connectivity index (χ0v) is 17.9. The number of guanidine groups is 1. The molecule has 146 valence electrons. The lowest BCUT2D eigenvalue weighted by Gasteiger charge is -2.13. The molecule has 2 rings (SSSR count). The smallest absolute Gasteiger partial charge is 0.191 e. The molecule has 2 aromatic heterocycles. The Balaban J connectivity index is 0.00000338. The van der Waals surface area contributed by atoms with E-state index in [0.717, 1.165) is 44.3 Å². The number of rotatable bonds is 11. The van der Waals surface area contributed by atoms with Crippen molar-refractivity contribution in [3.8, 4) is 0 Å². The van der Waals surface area contributed by atoms with E-state index >= 15 is 0 Å². The monoisotopic (exact) mass is 475 g/mol. The fraction of sp³-hybridized carbons (Fsp3) is 0.556. The average molecular weight is 475 g/mol. The predicted octanol–water partition coefficient (Wildman–Crippen LogP) is 2.89. The van der Waals surface area contributed by atoms with Gasteiger partial charge in [-0.15, -0.1) is 24.0 Å². The summed E-state index contributed by atoms with van der Waals surface area (Å²) in [5.74, 6) is 2.13. The molecule has 1 atom stereocenters. The minimum Gasteiger partial charge on any atom is -0.467 e. The molecule has 2 N–H and O–H groups in total. The lowest BCUT2D eigenvalue weighted by molar-refractivity contribution is 0.105. The third-order valence-corrected chi connectivity index (χ3v) is 3.55. The number of ether oxygens (including phenoxy) is 1. The van der Waals surface area contributed by atoms with E-state index < -0.39 is 0 Å². The summed E-state index contributed by atoms with van der Waals surface area (Å²) in [5, 5.41) is 10.8. The van der Waals surface area contributed by atoms with Crippen LogP contribution in [-0.2, 0) is 17.9 Å². The average Bonchev–Trinajstić information content (AvgIpc) is 3.29. The van der Waals surface area contributed by atoms with Crippen LogP contribution in [0.25, 0.3) is 0 Å². The van der Waals surface area contributed by atoms with Gasteiger partial charge >= 0.3 is 0 Å². The third kappa shape index (κ3) is 9.23. The number of aliphatic imine (C=N–C) groups is 1. The zero-order chi connectivity index (χ0) is 17.7. The molecule has 0 fully saturated rings. The molecule has 0 amide bonds. The summed E-state index contributed by atoms with van der Waals surface area (Å²) in [7, 11) is 0. The number of hydrogen-bond donors (Lipinski definition) is 2. The van der Waals surface area contributed by atoms with Gasteiger partial charge in [-0.3, -0.25) is 9.67 Å². The molecule has 0 saturated carbocycles. The Kier molecular flexibility index (Phi) is 11.8. The van der Waals surface area contributed by atoms with E-state index in [-0.39, 0.29) is 24.0 Å². The van der Waals surface area contributed by atoms with Gasteiger partial charge in [0.1, 0.15) is 12.4 Å². The molecule has 8 heteroatoms. The normalized spacial score (nSPS) is 12.5. The lowest BCUT2D eigenvalue weighted by atomic mass is 10.2. The molecule has 2 heterocycles. The molecule has 7 nitrogen and oxygen atoms in total. The fourth-order valence-corrected chi connectivity index (χ4v) is 2.32. The Morgan fingerprint density at radius 1 is 1.38 bits per heavy atom. The Morgan fingerprint density at radius 3 is 2.96 bits per heavy atom. The van der Waals surface area contributed by atoms with Crippen LogP contribution in [0, 0.1) is 5.92 Å². The van der Waals surface area contributed by atoms with Gasteiger partial charge in [0.2, 0.25) is 0 Å². The Bertz CT molecular complexity index is 587. The van der Waals surface area contributed by atoms with Crippen molar-refractivity contribution >= 4 is 29.9 Å². The van der Waals surface area contributed by atoms with E-state index in [1.54, 1.807) is 12.5 Å². The standard InChI is InChI=1S/C18H29N5O2.HI/c1-3-19-18(21-13-16(2)14-23-10-5-9-22-23)20-8-6-11-24-15-17-7-4-12-25-17;/h4-5,7,9-10,12,16H,3,6,8,11,13-15H2,1-2H3,(H2,19,20,21);1H. The predicted molar refractivity (Wildman–Crippen MR) is 114 cm³/mol. The van der Waals surface area contributed by atoms with Crippen LogP contribution in [0.5, 0.6) is 0 Å². The van der Waals surface area contributed by atoms with E-state index in [4.69, 9.17) is 9.15 Å². The van der Waals surface area contributed by atoms with E-state index in [1.165, 1.54) is 0 Å². The second kappa shape index (κ2) is 13.6. The highest BCUT2D eigenvalue weighted by molar-refractivity contribution is 14.0. The Hall–Kier alpha value is -1.55. The van der Waals surface area contributed by atoms with Crippen molar-refractivity contribution in [1.82, 2.24) is 20.4 Å². The van der Waals surface area contributed by atoms with Crippen LogP contribution >= 0.6 is 24.0 Å². The van der Waals surface area contributed by atoms with Crippen LogP contribution in [-0.4, -0.2) is 42.0 Å². The molecule has 0 aliphatic carbocycles. The number of furan rings is 1. The van der Waals surface area contributed by atoms with Crippen LogP contribution in [0.2, 0.25) is 0 Å². The van der Waals surface area contributed by atoms with Crippen LogP contribution in [0.15, 0.2) is 46.3 Å². The zero-order valence-electron chi connectivity index (χ0n) is 15.6. The largest absolute Gasteiger partial charge is 0.467 e. The summed E-state index contributed by atoms with van der Waals surface area (Å²) in [5.41, 5.74) is 0. The molecule has 0 bridgehead atoms. The van der Waals surface area contributed by atoms with Crippen molar-refractivity contribution < 1.29 is 9.15 Å². The number of nitrogens with zero attached hydrogens (tertiary/aromatic N) is 3. The van der Waals surface area contributed by atoms with Gasteiger partial charge in [-0.05, 0) is 37.5 Å². The van der Waals surface area contributed by atoms with Crippen LogP contribution in [0.4, 0.5) is 0 Å². The van der Waals surface area contributed by atoms with Gasteiger partial charge in [-0.25, -0.2) is 0 Å². The minimum absolute atomic E-state index is 0. The molecule has 0 aromatic carbocycles. The lowest BCUT2D eigenvalue weighted by Crippen LogP contribution is -2.38. The highest BCUT2D eigenvalue weighted by Gasteiger charge is 2.04. The molecule has 26 heavy (non-hydrogen) atoms. The maximum absolute atomic E-state index is 5.57. The van der Waals surface area contributed by atoms with E-state index in [1.807, 2.05) is 29.1 Å². The first-order chi connectivity index (χ1) is 12.3. The molecule has 1 unspecified atom stereocenters. The summed E-state index contributed by atoms with van der Waals surface area (Å²) >= 11 is 0. The molecule has 2 aromatic rings. The summed E-state index contributed by atoms with van der Waals surface area (Å²) in [6, 6.07) is 5.72. The molecule has 0 spiro atoms. The van der Waals surface area contributed by atoms with Gasteiger partial charge in [0.15, 0.2) is 5.96 Å². The number of nitrogens with one attached hydrogen (secondary N) is 2. The van der Waals surface area contributed by atoms with Gasteiger partial charge in [-0.2, -0.15) is 5.10 Å². The molecule has 0 saturated heterocycles. The Labute approximate surface area is 172 Å². The van der Waals surface area contributed by atoms with Gasteiger partial charge < -0.3 is 19.8 Å². The van der Waals surface area contributed by atoms with Crippen LogP contribution in [0.1, 0.15) is 26.0 Å². The van der Waals surface area contributed by atoms with Crippen molar-refractivity contribution in [1.29, 1.82) is 0 Å². The van der Waals surface area contributed by atoms with Crippen molar-refractivity contribution in [3.05, 3.63) is 42.6 Å². The molecular weight excluding hydrogens is 445 g/mol. The van der Waals surface area contributed by atoms with Gasteiger partial charge in [-0.1, -0.05) is 6.92 Å². The van der Waals surface area contributed by atoms with Crippen molar-refractivity contribution in [2.75, 3.05) is 26.2 Å². The number of hydrogen-bond acceptors (Lipinski definition) is 4. The maximum Gasteiger partial charge on any atom is 0.191 e. The maximum atomic E-state index is 5.57. The van der Waals surface area contributed by atoms with E-state index in [2.05, 4.69) is 34.6 Å². The summed E-state index contributed by atoms with van der Waals surface area (Å²) < 4.78 is 12.7. The molecular formula is C18H30IN5O2. The van der Waals surface area contributed by atoms with Crippen molar-refractivity contribution in [3.63, 3.8) is 0 Å². The van der Waals surface area contributed by atoms with Crippen molar-refractivity contribution in [2.24, 2.45) is 10.9 Å². The second-order valence-electron chi connectivity index (χ2n) is 5.97. The highest BCUT2D eigenvalue weighted by atomic mass is 127. The van der Waals surface area contributed by atoms with Gasteiger partial charge in [0.05, 0.1) is 6.26 Å². The Morgan fingerprint density at radius 2 is 2.27 bits per heavy atom. The first-order valence-electron chi connectivity index (χ1n) is 8.87. The third-order valence-electron chi connectivity index (χ3n) is 3.55. The quantitative estimate of drug-likeness (QED) is 0.226. The van der Waals surface area contributed by atoms with Gasteiger partial charge in [0.25, 0.3) is 0 Å². The SMILES string of the molecule is CCNC(=NCC(C)Cn1cccn1)NCCCOCc1ccco1.I. The van der Waals surface area contributed by atoms with Crippen LogP contribution < -0.4 is 10.6 Å². The fourth-order valence-electron chi connectivity index (χ4n) is 2.32. The van der Waals surface area contributed by atoms with E-state index in [0.29, 0.717) is 19.1 Å². The molecule has 0 aliphatic heterocycles. The summed E-state index contributed by atoms with van der Waals surface area (Å²) in [6.07, 6.45) is 6.35. The van der Waals surface area contributed by atoms with Crippen molar-refractivity contribution in [2.45, 2.75) is 33.4 Å². The minimum atomic E-state index is 0. The first-order valence-corrected chi connectivity index (χ1v) is 8.87. The van der Waals surface area contributed by atoms with E-state index in [9.17, 15) is 0 Å². The number of halogens is 1. The molecule has 0 radical (unpaired) electrons. The van der Waals surface area contributed by atoms with Gasteiger partial charge in [0, 0.05) is 45.2 Å². The van der Waals surface area contributed by atoms with Crippen LogP contribution in [0.3, 0.4) is 0 Å². The number of aromatic nitrogens is 2. The molecule has 0 aliphatic rings. The topological polar surface area (TPSA) is 76.6 Å². The summed E-state index contributed by atoms with van der Waals surface area (Å²) in [6.45, 7) is 8.73. The summed E-state index contributed by atoms with van der Waals surface area (Å²) in [4.78, 5) is 4.65. The second-order valence-corrected chi connectivity index (χ2v) is 5.97. The first kappa shape index (κ1) is 22.5.